The Morgan fingerprint density at radius 1 is 0.931 bits per heavy atom. The van der Waals surface area contributed by atoms with Crippen molar-refractivity contribution in [2.24, 2.45) is 0 Å². The maximum absolute atomic E-state index is 5.84. The first-order valence-corrected chi connectivity index (χ1v) is 11.1. The van der Waals surface area contributed by atoms with Crippen LogP contribution in [0.15, 0.2) is 54.6 Å². The van der Waals surface area contributed by atoms with Gasteiger partial charge in [0.25, 0.3) is 0 Å². The van der Waals surface area contributed by atoms with Crippen LogP contribution < -0.4 is 9.64 Å². The van der Waals surface area contributed by atoms with Crippen LogP contribution in [0.3, 0.4) is 0 Å². The lowest BCUT2D eigenvalue weighted by atomic mass is 9.74. The SMILES string of the molecule is CCOc1cccc(C2(N3CCN(c4ccccc4)CC3)CCC(OC)CC2)c1. The molecule has 1 heterocycles. The van der Waals surface area contributed by atoms with Crippen LogP contribution in [-0.4, -0.2) is 50.9 Å². The van der Waals surface area contributed by atoms with E-state index in [1.165, 1.54) is 11.3 Å². The highest BCUT2D eigenvalue weighted by Gasteiger charge is 2.43. The Morgan fingerprint density at radius 3 is 2.31 bits per heavy atom. The molecular formula is C25H34N2O2. The summed E-state index contributed by atoms with van der Waals surface area (Å²) in [5, 5.41) is 0. The summed E-state index contributed by atoms with van der Waals surface area (Å²) in [4.78, 5) is 5.25. The van der Waals surface area contributed by atoms with Gasteiger partial charge in [0, 0.05) is 44.5 Å². The number of rotatable bonds is 6. The number of para-hydroxylation sites is 1. The molecule has 1 aliphatic heterocycles. The van der Waals surface area contributed by atoms with Crippen LogP contribution in [0, 0.1) is 0 Å². The second-order valence-electron chi connectivity index (χ2n) is 8.24. The number of methoxy groups -OCH3 is 1. The molecule has 2 aromatic carbocycles. The van der Waals surface area contributed by atoms with Gasteiger partial charge in [-0.25, -0.2) is 0 Å². The van der Waals surface area contributed by atoms with Crippen LogP contribution in [0.4, 0.5) is 5.69 Å². The number of hydrogen-bond donors (Lipinski definition) is 0. The third-order valence-electron chi connectivity index (χ3n) is 6.78. The van der Waals surface area contributed by atoms with Crippen molar-refractivity contribution in [1.29, 1.82) is 0 Å². The summed E-state index contributed by atoms with van der Waals surface area (Å²) in [6, 6.07) is 19.6. The highest BCUT2D eigenvalue weighted by Crippen LogP contribution is 2.44. The molecule has 0 spiro atoms. The van der Waals surface area contributed by atoms with E-state index >= 15 is 0 Å². The highest BCUT2D eigenvalue weighted by atomic mass is 16.5. The van der Waals surface area contributed by atoms with Gasteiger partial charge in [0.1, 0.15) is 5.75 Å². The van der Waals surface area contributed by atoms with Crippen molar-refractivity contribution in [3.63, 3.8) is 0 Å². The van der Waals surface area contributed by atoms with Gasteiger partial charge in [-0.1, -0.05) is 30.3 Å². The predicted octanol–water partition coefficient (Wildman–Crippen LogP) is 4.69. The molecule has 1 saturated heterocycles. The summed E-state index contributed by atoms with van der Waals surface area (Å²) in [6.07, 6.45) is 4.92. The van der Waals surface area contributed by atoms with E-state index in [9.17, 15) is 0 Å². The average Bonchev–Trinajstić information content (AvgIpc) is 2.80. The molecule has 2 fully saturated rings. The summed E-state index contributed by atoms with van der Waals surface area (Å²) in [7, 11) is 1.85. The Kier molecular flexibility index (Phi) is 6.41. The minimum Gasteiger partial charge on any atom is -0.494 e. The normalized spacial score (nSPS) is 25.7. The fourth-order valence-corrected chi connectivity index (χ4v) is 5.17. The second kappa shape index (κ2) is 9.19. The van der Waals surface area contributed by atoms with Crippen LogP contribution in [0.1, 0.15) is 38.2 Å². The first-order chi connectivity index (χ1) is 14.2. The molecule has 0 amide bonds. The molecule has 156 valence electrons. The number of anilines is 1. The van der Waals surface area contributed by atoms with Gasteiger partial charge in [-0.3, -0.25) is 4.90 Å². The van der Waals surface area contributed by atoms with Crippen LogP contribution in [0.2, 0.25) is 0 Å². The third kappa shape index (κ3) is 4.29. The minimum absolute atomic E-state index is 0.0882. The van der Waals surface area contributed by atoms with E-state index < -0.39 is 0 Å². The molecule has 4 nitrogen and oxygen atoms in total. The van der Waals surface area contributed by atoms with Crippen molar-refractivity contribution < 1.29 is 9.47 Å². The zero-order valence-corrected chi connectivity index (χ0v) is 17.8. The summed E-state index contributed by atoms with van der Waals surface area (Å²) >= 11 is 0. The summed E-state index contributed by atoms with van der Waals surface area (Å²) in [5.41, 5.74) is 2.83. The molecule has 1 aliphatic carbocycles. The van der Waals surface area contributed by atoms with Crippen molar-refractivity contribution in [3.8, 4) is 5.75 Å². The Morgan fingerprint density at radius 2 is 1.66 bits per heavy atom. The number of nitrogens with zero attached hydrogens (tertiary/aromatic N) is 2. The van der Waals surface area contributed by atoms with Crippen LogP contribution >= 0.6 is 0 Å². The molecule has 0 N–H and O–H groups in total. The molecule has 2 aromatic rings. The molecule has 1 saturated carbocycles. The van der Waals surface area contributed by atoms with Gasteiger partial charge < -0.3 is 14.4 Å². The first-order valence-electron chi connectivity index (χ1n) is 11.1. The Balaban J connectivity index is 1.56. The van der Waals surface area contributed by atoms with Crippen molar-refractivity contribution in [2.75, 3.05) is 44.8 Å². The zero-order chi connectivity index (χ0) is 20.1. The lowest BCUT2D eigenvalue weighted by molar-refractivity contribution is -0.0166. The molecular weight excluding hydrogens is 360 g/mol. The van der Waals surface area contributed by atoms with Crippen molar-refractivity contribution in [1.82, 2.24) is 4.90 Å². The number of piperazine rings is 1. The zero-order valence-electron chi connectivity index (χ0n) is 17.8. The fraction of sp³-hybridized carbons (Fsp3) is 0.520. The maximum Gasteiger partial charge on any atom is 0.119 e. The lowest BCUT2D eigenvalue weighted by Crippen LogP contribution is -2.57. The molecule has 4 rings (SSSR count). The summed E-state index contributed by atoms with van der Waals surface area (Å²) in [5.74, 6) is 0.987. The number of hydrogen-bond acceptors (Lipinski definition) is 4. The molecule has 2 aliphatic rings. The van der Waals surface area contributed by atoms with Crippen molar-refractivity contribution in [3.05, 3.63) is 60.2 Å². The van der Waals surface area contributed by atoms with E-state index in [2.05, 4.69) is 71.3 Å². The first kappa shape index (κ1) is 20.2. The van der Waals surface area contributed by atoms with Gasteiger partial charge in [0.05, 0.1) is 12.7 Å². The Labute approximate surface area is 175 Å². The second-order valence-corrected chi connectivity index (χ2v) is 8.24. The van der Waals surface area contributed by atoms with E-state index in [-0.39, 0.29) is 5.54 Å². The van der Waals surface area contributed by atoms with E-state index in [4.69, 9.17) is 9.47 Å². The Bertz CT molecular complexity index is 763. The fourth-order valence-electron chi connectivity index (χ4n) is 5.17. The molecule has 0 radical (unpaired) electrons. The molecule has 0 unspecified atom stereocenters. The topological polar surface area (TPSA) is 24.9 Å². The van der Waals surface area contributed by atoms with Crippen molar-refractivity contribution >= 4 is 5.69 Å². The largest absolute Gasteiger partial charge is 0.494 e. The van der Waals surface area contributed by atoms with E-state index in [1.54, 1.807) is 0 Å². The monoisotopic (exact) mass is 394 g/mol. The third-order valence-corrected chi connectivity index (χ3v) is 6.78. The smallest absolute Gasteiger partial charge is 0.119 e. The van der Waals surface area contributed by atoms with Gasteiger partial charge >= 0.3 is 0 Å². The van der Waals surface area contributed by atoms with Gasteiger partial charge in [-0.15, -0.1) is 0 Å². The minimum atomic E-state index is 0.0882. The summed E-state index contributed by atoms with van der Waals surface area (Å²) in [6.45, 7) is 7.08. The molecule has 0 aromatic heterocycles. The molecule has 29 heavy (non-hydrogen) atoms. The quantitative estimate of drug-likeness (QED) is 0.709. The molecule has 4 heteroatoms. The van der Waals surface area contributed by atoms with E-state index in [0.29, 0.717) is 12.7 Å². The lowest BCUT2D eigenvalue weighted by Gasteiger charge is -2.51. The average molecular weight is 395 g/mol. The van der Waals surface area contributed by atoms with Crippen LogP contribution in [0.5, 0.6) is 5.75 Å². The van der Waals surface area contributed by atoms with Gasteiger partial charge in [-0.2, -0.15) is 0 Å². The maximum atomic E-state index is 5.84. The van der Waals surface area contributed by atoms with Crippen molar-refractivity contribution in [2.45, 2.75) is 44.2 Å². The highest BCUT2D eigenvalue weighted by molar-refractivity contribution is 5.46. The van der Waals surface area contributed by atoms with Gasteiger partial charge in [0.2, 0.25) is 0 Å². The summed E-state index contributed by atoms with van der Waals surface area (Å²) < 4.78 is 11.5. The van der Waals surface area contributed by atoms with E-state index in [1.807, 2.05) is 7.11 Å². The van der Waals surface area contributed by atoms with Gasteiger partial charge in [0.15, 0.2) is 0 Å². The molecule has 0 atom stereocenters. The Hall–Kier alpha value is -2.04. The van der Waals surface area contributed by atoms with Crippen LogP contribution in [0.25, 0.3) is 0 Å². The standard InChI is InChI=1S/C25H34N2O2/c1-3-29-24-11-7-8-21(20-24)25(14-12-23(28-2)13-15-25)27-18-16-26(17-19-27)22-9-5-4-6-10-22/h4-11,20,23H,3,12-19H2,1-2H3. The number of benzene rings is 2. The number of ether oxygens (including phenoxy) is 2. The predicted molar refractivity (Wildman–Crippen MR) is 119 cm³/mol. The molecule has 0 bridgehead atoms. The van der Waals surface area contributed by atoms with Gasteiger partial charge in [-0.05, 0) is 62.4 Å². The van der Waals surface area contributed by atoms with Crippen LogP contribution in [-0.2, 0) is 10.3 Å². The van der Waals surface area contributed by atoms with E-state index in [0.717, 1.165) is 57.6 Å².